The van der Waals surface area contributed by atoms with Gasteiger partial charge in [-0.1, -0.05) is 18.5 Å². The van der Waals surface area contributed by atoms with Crippen molar-refractivity contribution in [2.75, 3.05) is 0 Å². The van der Waals surface area contributed by atoms with Gasteiger partial charge in [0.05, 0.1) is 18.3 Å². The van der Waals surface area contributed by atoms with E-state index in [0.717, 1.165) is 0 Å². The number of fused-ring (bicyclic) bond motifs is 1. The van der Waals surface area contributed by atoms with Crippen molar-refractivity contribution in [2.24, 2.45) is 0 Å². The van der Waals surface area contributed by atoms with Crippen LogP contribution in [0.15, 0.2) is 12.1 Å². The average molecular weight is 284 g/mol. The first kappa shape index (κ1) is 19.4. The zero-order valence-electron chi connectivity index (χ0n) is 10.9. The zero-order valence-corrected chi connectivity index (χ0v) is 14.9. The van der Waals surface area contributed by atoms with E-state index in [1.165, 1.54) is 6.07 Å². The molecule has 1 aliphatic rings. The third kappa shape index (κ3) is 4.20. The maximum atomic E-state index is 11.0. The molecule has 2 rings (SSSR count). The van der Waals surface area contributed by atoms with Crippen molar-refractivity contribution in [1.29, 1.82) is 0 Å². The van der Waals surface area contributed by atoms with Gasteiger partial charge in [0.1, 0.15) is 0 Å². The molecule has 6 nitrogen and oxygen atoms in total. The predicted molar refractivity (Wildman–Crippen MR) is 56.0 cm³/mol. The Balaban J connectivity index is 0.00000162. The van der Waals surface area contributed by atoms with Crippen molar-refractivity contribution in [3.63, 3.8) is 0 Å². The van der Waals surface area contributed by atoms with Crippen LogP contribution in [-0.4, -0.2) is 27.9 Å². The molecule has 0 aromatic heterocycles. The van der Waals surface area contributed by atoms with Crippen molar-refractivity contribution in [1.82, 2.24) is 0 Å². The molecule has 0 bridgehead atoms. The van der Waals surface area contributed by atoms with E-state index in [0.29, 0.717) is 12.0 Å². The van der Waals surface area contributed by atoms with Crippen LogP contribution in [0.5, 0.6) is 5.75 Å². The minimum Gasteiger partial charge on any atom is -0.669 e. The van der Waals surface area contributed by atoms with Crippen LogP contribution in [0.2, 0.25) is 6.32 Å². The Morgan fingerprint density at radius 1 is 1.37 bits per heavy atom. The fourth-order valence-electron chi connectivity index (χ4n) is 1.94. The van der Waals surface area contributed by atoms with Gasteiger partial charge in [-0.2, -0.15) is 0 Å². The van der Waals surface area contributed by atoms with Gasteiger partial charge in [0, 0.05) is 5.56 Å². The second kappa shape index (κ2) is 7.45. The molecule has 19 heavy (non-hydrogen) atoms. The van der Waals surface area contributed by atoms with E-state index in [4.69, 9.17) is 9.76 Å². The van der Waals surface area contributed by atoms with Gasteiger partial charge in [-0.25, -0.2) is 0 Å². The normalized spacial score (nSPS) is 15.3. The molecule has 3 N–H and O–H groups in total. The van der Waals surface area contributed by atoms with Gasteiger partial charge in [-0.05, 0) is 17.5 Å². The van der Waals surface area contributed by atoms with E-state index in [9.17, 15) is 19.9 Å². The first-order valence-corrected chi connectivity index (χ1v) is 5.21. The summed E-state index contributed by atoms with van der Waals surface area (Å²) in [5.74, 6) is -1.63. The van der Waals surface area contributed by atoms with Gasteiger partial charge in [0.25, 0.3) is 0 Å². The Morgan fingerprint density at radius 2 is 2.00 bits per heavy atom. The summed E-state index contributed by atoms with van der Waals surface area (Å²) in [5, 5.41) is 38.9. The zero-order chi connectivity index (χ0) is 12.6. The third-order valence-electron chi connectivity index (χ3n) is 2.80. The third-order valence-corrected chi connectivity index (χ3v) is 2.80. The summed E-state index contributed by atoms with van der Waals surface area (Å²) in [4.78, 5) is 11.0. The predicted octanol–water partition coefficient (Wildman–Crippen LogP) is -7.59. The van der Waals surface area contributed by atoms with Crippen LogP contribution in [0.1, 0.15) is 21.5 Å². The molecule has 0 saturated carbocycles. The fraction of sp³-hybridized carbons (Fsp3) is 0.300. The van der Waals surface area contributed by atoms with Crippen molar-refractivity contribution in [3.05, 3.63) is 28.8 Å². The minimum atomic E-state index is -3.03. The van der Waals surface area contributed by atoms with E-state index in [1.54, 1.807) is 6.07 Å². The summed E-state index contributed by atoms with van der Waals surface area (Å²) in [6, 6.07) is 3.06. The van der Waals surface area contributed by atoms with Crippen LogP contribution >= 0.6 is 0 Å². The van der Waals surface area contributed by atoms with Crippen molar-refractivity contribution in [2.45, 2.75) is 19.3 Å². The quantitative estimate of drug-likeness (QED) is 0.465. The molecule has 1 aromatic rings. The summed E-state index contributed by atoms with van der Waals surface area (Å²) >= 11 is 0. The molecular formula is C10H11BNa2O6. The van der Waals surface area contributed by atoms with Gasteiger partial charge in [-0.15, -0.1) is 0 Å². The van der Waals surface area contributed by atoms with Crippen LogP contribution in [-0.2, 0) is 13.0 Å². The molecule has 92 valence electrons. The van der Waals surface area contributed by atoms with Gasteiger partial charge in [-0.3, -0.25) is 0 Å². The summed E-state index contributed by atoms with van der Waals surface area (Å²) in [6.45, 7) is -3.52. The Kier molecular flexibility index (Phi) is 7.62. The second-order valence-corrected chi connectivity index (χ2v) is 4.05. The maximum Gasteiger partial charge on any atom is 1.00 e. The van der Waals surface area contributed by atoms with Crippen LogP contribution < -0.4 is 68.9 Å². The molecule has 0 amide bonds. The van der Waals surface area contributed by atoms with E-state index >= 15 is 0 Å². The molecule has 0 spiro atoms. The van der Waals surface area contributed by atoms with Gasteiger partial charge < -0.3 is 29.7 Å². The van der Waals surface area contributed by atoms with Gasteiger partial charge >= 0.3 is 65.9 Å². The summed E-state index contributed by atoms with van der Waals surface area (Å²) < 4.78 is 4.90. The molecule has 0 fully saturated rings. The average Bonchev–Trinajstić information content (AvgIpc) is 2.25. The SMILES string of the molecule is O=C([O-])c1c(CO)ccc2c1O[B-](O)(O)CC2.[Na+].[Na+]. The Morgan fingerprint density at radius 3 is 2.53 bits per heavy atom. The number of hydrogen-bond donors (Lipinski definition) is 3. The first-order chi connectivity index (χ1) is 7.94. The number of hydrogen-bond acceptors (Lipinski definition) is 6. The number of rotatable bonds is 2. The minimum absolute atomic E-state index is 0. The topological polar surface area (TPSA) is 110 Å². The Bertz CT molecular complexity index is 479. The molecule has 0 atom stereocenters. The standard InChI is InChI=1S/C10H12BO6.2Na/c12-5-7-2-1-6-3-4-11(15,16)17-9(6)8(7)10(13)14;;/h1-2,12,15-16H,3-5H2,(H,13,14);;/q-1;2*+1/p-1. The van der Waals surface area contributed by atoms with Crippen molar-refractivity contribution in [3.8, 4) is 5.75 Å². The number of aliphatic hydroxyl groups is 1. The Hall–Kier alpha value is 0.435. The molecule has 1 aliphatic heterocycles. The summed E-state index contributed by atoms with van der Waals surface area (Å²) in [7, 11) is 0. The number of benzene rings is 1. The first-order valence-electron chi connectivity index (χ1n) is 5.21. The number of carboxylic acid groups (broad SMARTS) is 1. The van der Waals surface area contributed by atoms with Crippen molar-refractivity contribution < 1.29 is 88.8 Å². The van der Waals surface area contributed by atoms with Crippen LogP contribution in [0.3, 0.4) is 0 Å². The van der Waals surface area contributed by atoms with Crippen LogP contribution in [0, 0.1) is 0 Å². The number of aromatic carboxylic acids is 1. The molecule has 1 aromatic carbocycles. The number of aryl methyl sites for hydroxylation is 1. The van der Waals surface area contributed by atoms with Crippen LogP contribution in [0.25, 0.3) is 0 Å². The maximum absolute atomic E-state index is 11.0. The summed E-state index contributed by atoms with van der Waals surface area (Å²) in [5.41, 5.74) is 0.360. The van der Waals surface area contributed by atoms with Crippen molar-refractivity contribution >= 4 is 12.7 Å². The van der Waals surface area contributed by atoms with E-state index in [-0.39, 0.29) is 82.3 Å². The monoisotopic (exact) mass is 284 g/mol. The fourth-order valence-corrected chi connectivity index (χ4v) is 1.94. The number of carbonyl (C=O) groups is 1. The second-order valence-electron chi connectivity index (χ2n) is 4.05. The van der Waals surface area contributed by atoms with Gasteiger partial charge in [0.2, 0.25) is 0 Å². The van der Waals surface area contributed by atoms with E-state index < -0.39 is 19.3 Å². The number of carbonyl (C=O) groups excluding carboxylic acids is 1. The van der Waals surface area contributed by atoms with Gasteiger partial charge in [0.15, 0.2) is 0 Å². The molecule has 0 radical (unpaired) electrons. The molecule has 0 saturated heterocycles. The Labute approximate surface area is 154 Å². The molecule has 9 heteroatoms. The number of aliphatic hydroxyl groups excluding tert-OH is 1. The molecule has 0 aliphatic carbocycles. The molecular weight excluding hydrogens is 273 g/mol. The molecule has 0 unspecified atom stereocenters. The smallest absolute Gasteiger partial charge is 0.669 e. The van der Waals surface area contributed by atoms with Crippen LogP contribution in [0.4, 0.5) is 0 Å². The largest absolute Gasteiger partial charge is 1.00 e. The summed E-state index contributed by atoms with van der Waals surface area (Å²) in [6.07, 6.45) is 0.312. The number of carboxylic acids is 1. The van der Waals surface area contributed by atoms with E-state index in [1.807, 2.05) is 0 Å². The molecule has 1 heterocycles. The van der Waals surface area contributed by atoms with E-state index in [2.05, 4.69) is 0 Å².